The smallest absolute Gasteiger partial charge is 0.263 e. The van der Waals surface area contributed by atoms with Gasteiger partial charge >= 0.3 is 0 Å². The highest BCUT2D eigenvalue weighted by Crippen LogP contribution is 2.38. The molecule has 2 aliphatic rings. The predicted octanol–water partition coefficient (Wildman–Crippen LogP) is 2.56. The minimum Gasteiger partial charge on any atom is -0.356 e. The van der Waals surface area contributed by atoms with Crippen LogP contribution in [0.3, 0.4) is 0 Å². The van der Waals surface area contributed by atoms with E-state index < -0.39 is 0 Å². The first-order chi connectivity index (χ1) is 9.49. The molecule has 2 saturated heterocycles. The quantitative estimate of drug-likeness (QED) is 0.840. The molecule has 0 unspecified atom stereocenters. The molecule has 0 radical (unpaired) electrons. The number of carbonyl (C=O) groups is 2. The summed E-state index contributed by atoms with van der Waals surface area (Å²) in [5, 5.41) is 2.92. The molecule has 2 amide bonds. The van der Waals surface area contributed by atoms with Gasteiger partial charge in [0.05, 0.1) is 8.66 Å². The molecule has 1 N–H and O–H groups in total. The Hall–Kier alpha value is -0.880. The van der Waals surface area contributed by atoms with Gasteiger partial charge in [-0.3, -0.25) is 9.59 Å². The van der Waals surface area contributed by atoms with Gasteiger partial charge in [0, 0.05) is 26.1 Å². The number of rotatable bonds is 1. The summed E-state index contributed by atoms with van der Waals surface area (Å²) >= 11 is 4.96. The molecule has 1 aromatic rings. The third kappa shape index (κ3) is 2.51. The predicted molar refractivity (Wildman–Crippen MR) is 82.0 cm³/mol. The van der Waals surface area contributed by atoms with Crippen LogP contribution in [0.2, 0.25) is 0 Å². The normalized spacial score (nSPS) is 21.3. The van der Waals surface area contributed by atoms with E-state index in [1.807, 2.05) is 17.9 Å². The van der Waals surface area contributed by atoms with Crippen molar-refractivity contribution in [2.45, 2.75) is 26.2 Å². The standard InChI is InChI=1S/C14H17BrN2O2S/c1-9-6-10(20-12(9)15)13(19)17-4-2-14(3-5-17)7-11(18)16-8-14/h6H,2-5,7-8H2,1H3,(H,16,18). The molecule has 2 fully saturated rings. The Kier molecular flexibility index (Phi) is 3.62. The fraction of sp³-hybridized carbons (Fsp3) is 0.571. The summed E-state index contributed by atoms with van der Waals surface area (Å²) in [6, 6.07) is 1.95. The highest BCUT2D eigenvalue weighted by atomic mass is 79.9. The Morgan fingerprint density at radius 1 is 1.45 bits per heavy atom. The summed E-state index contributed by atoms with van der Waals surface area (Å²) in [4.78, 5) is 26.6. The van der Waals surface area contributed by atoms with Crippen LogP contribution in [0.4, 0.5) is 0 Å². The lowest BCUT2D eigenvalue weighted by atomic mass is 9.77. The number of nitrogens with one attached hydrogen (secondary N) is 1. The Bertz CT molecular complexity index is 542. The summed E-state index contributed by atoms with van der Waals surface area (Å²) in [5.74, 6) is 0.276. The fourth-order valence-corrected chi connectivity index (χ4v) is 4.51. The van der Waals surface area contributed by atoms with Crippen molar-refractivity contribution in [3.05, 3.63) is 20.3 Å². The van der Waals surface area contributed by atoms with Gasteiger partial charge < -0.3 is 10.2 Å². The van der Waals surface area contributed by atoms with E-state index in [1.165, 1.54) is 11.3 Å². The lowest BCUT2D eigenvalue weighted by Crippen LogP contribution is -2.43. The Labute approximate surface area is 130 Å². The van der Waals surface area contributed by atoms with E-state index in [1.54, 1.807) is 0 Å². The van der Waals surface area contributed by atoms with Crippen molar-refractivity contribution >= 4 is 39.1 Å². The van der Waals surface area contributed by atoms with Crippen LogP contribution in [0.5, 0.6) is 0 Å². The van der Waals surface area contributed by atoms with Gasteiger partial charge in [-0.2, -0.15) is 0 Å². The molecule has 0 aliphatic carbocycles. The van der Waals surface area contributed by atoms with E-state index >= 15 is 0 Å². The average molecular weight is 357 g/mol. The topological polar surface area (TPSA) is 49.4 Å². The molecule has 2 aliphatic heterocycles. The van der Waals surface area contributed by atoms with Crippen LogP contribution in [0.15, 0.2) is 9.85 Å². The van der Waals surface area contributed by atoms with Crippen molar-refractivity contribution in [3.8, 4) is 0 Å². The maximum Gasteiger partial charge on any atom is 0.263 e. The van der Waals surface area contributed by atoms with Crippen LogP contribution in [-0.2, 0) is 4.79 Å². The van der Waals surface area contributed by atoms with Gasteiger partial charge in [-0.1, -0.05) is 0 Å². The maximum absolute atomic E-state index is 12.5. The van der Waals surface area contributed by atoms with Gasteiger partial charge in [-0.15, -0.1) is 11.3 Å². The van der Waals surface area contributed by atoms with Crippen molar-refractivity contribution in [1.82, 2.24) is 10.2 Å². The zero-order valence-electron chi connectivity index (χ0n) is 11.4. The van der Waals surface area contributed by atoms with Crippen LogP contribution >= 0.6 is 27.3 Å². The second kappa shape index (κ2) is 5.15. The number of aryl methyl sites for hydroxylation is 1. The van der Waals surface area contributed by atoms with Gasteiger partial charge in [0.25, 0.3) is 5.91 Å². The van der Waals surface area contributed by atoms with Gasteiger partial charge in [0.15, 0.2) is 0 Å². The second-order valence-corrected chi connectivity index (χ2v) is 8.18. The maximum atomic E-state index is 12.5. The third-order valence-electron chi connectivity index (χ3n) is 4.38. The Morgan fingerprint density at radius 3 is 2.65 bits per heavy atom. The molecular weight excluding hydrogens is 340 g/mol. The SMILES string of the molecule is Cc1cc(C(=O)N2CCC3(CC2)CNC(=O)C3)sc1Br. The molecule has 0 atom stereocenters. The largest absolute Gasteiger partial charge is 0.356 e. The van der Waals surface area contributed by atoms with Crippen molar-refractivity contribution in [3.63, 3.8) is 0 Å². The zero-order valence-corrected chi connectivity index (χ0v) is 13.8. The molecule has 1 spiro atoms. The monoisotopic (exact) mass is 356 g/mol. The van der Waals surface area contributed by atoms with Crippen LogP contribution in [0, 0.1) is 12.3 Å². The summed E-state index contributed by atoms with van der Waals surface area (Å²) in [6.45, 7) is 4.28. The zero-order chi connectivity index (χ0) is 14.3. The molecule has 108 valence electrons. The number of halogens is 1. The average Bonchev–Trinajstić information content (AvgIpc) is 2.94. The van der Waals surface area contributed by atoms with E-state index in [9.17, 15) is 9.59 Å². The van der Waals surface area contributed by atoms with E-state index in [4.69, 9.17) is 0 Å². The van der Waals surface area contributed by atoms with Crippen LogP contribution in [0.1, 0.15) is 34.5 Å². The lowest BCUT2D eigenvalue weighted by Gasteiger charge is -2.38. The van der Waals surface area contributed by atoms with Crippen molar-refractivity contribution < 1.29 is 9.59 Å². The number of carbonyl (C=O) groups excluding carboxylic acids is 2. The Morgan fingerprint density at radius 2 is 2.15 bits per heavy atom. The molecule has 6 heteroatoms. The number of amides is 2. The first-order valence-electron chi connectivity index (χ1n) is 6.81. The molecule has 0 bridgehead atoms. The van der Waals surface area contributed by atoms with Crippen molar-refractivity contribution in [2.75, 3.05) is 19.6 Å². The highest BCUT2D eigenvalue weighted by molar-refractivity contribution is 9.11. The molecule has 4 nitrogen and oxygen atoms in total. The first-order valence-corrected chi connectivity index (χ1v) is 8.42. The van der Waals surface area contributed by atoms with Gasteiger partial charge in [-0.05, 0) is 52.7 Å². The number of piperidine rings is 1. The number of thiophene rings is 1. The van der Waals surface area contributed by atoms with Gasteiger partial charge in [-0.25, -0.2) is 0 Å². The second-order valence-electron chi connectivity index (χ2n) is 5.81. The summed E-state index contributed by atoms with van der Waals surface area (Å²) < 4.78 is 1.03. The van der Waals surface area contributed by atoms with E-state index in [0.717, 1.165) is 46.7 Å². The van der Waals surface area contributed by atoms with Crippen LogP contribution < -0.4 is 5.32 Å². The lowest BCUT2D eigenvalue weighted by molar-refractivity contribution is -0.119. The van der Waals surface area contributed by atoms with E-state index in [-0.39, 0.29) is 17.2 Å². The minimum atomic E-state index is 0.0970. The molecular formula is C14H17BrN2O2S. The van der Waals surface area contributed by atoms with Crippen molar-refractivity contribution in [1.29, 1.82) is 0 Å². The van der Waals surface area contributed by atoms with E-state index in [0.29, 0.717) is 6.42 Å². The van der Waals surface area contributed by atoms with E-state index in [2.05, 4.69) is 21.2 Å². The van der Waals surface area contributed by atoms with Gasteiger partial charge in [0.2, 0.25) is 5.91 Å². The number of nitrogens with zero attached hydrogens (tertiary/aromatic N) is 1. The Balaban J connectivity index is 1.66. The molecule has 0 aromatic carbocycles. The highest BCUT2D eigenvalue weighted by Gasteiger charge is 2.41. The number of likely N-dealkylation sites (tertiary alicyclic amines) is 1. The number of hydrogen-bond acceptors (Lipinski definition) is 3. The molecule has 3 heterocycles. The van der Waals surface area contributed by atoms with Crippen molar-refractivity contribution in [2.24, 2.45) is 5.41 Å². The fourth-order valence-electron chi connectivity index (χ4n) is 3.01. The third-order valence-corrected chi connectivity index (χ3v) is 6.50. The summed E-state index contributed by atoms with van der Waals surface area (Å²) in [7, 11) is 0. The summed E-state index contributed by atoms with van der Waals surface area (Å²) in [5.41, 5.74) is 1.21. The van der Waals surface area contributed by atoms with Crippen LogP contribution in [0.25, 0.3) is 0 Å². The molecule has 3 rings (SSSR count). The van der Waals surface area contributed by atoms with Crippen LogP contribution in [-0.4, -0.2) is 36.3 Å². The molecule has 0 saturated carbocycles. The van der Waals surface area contributed by atoms with Gasteiger partial charge in [0.1, 0.15) is 0 Å². The molecule has 20 heavy (non-hydrogen) atoms. The minimum absolute atomic E-state index is 0.0970. The molecule has 1 aromatic heterocycles. The summed E-state index contributed by atoms with van der Waals surface area (Å²) in [6.07, 6.45) is 2.46. The first kappa shape index (κ1) is 14.1. The number of hydrogen-bond donors (Lipinski definition) is 1.